The third kappa shape index (κ3) is 3.89. The van der Waals surface area contributed by atoms with Crippen molar-refractivity contribution in [3.05, 3.63) is 58.7 Å². The summed E-state index contributed by atoms with van der Waals surface area (Å²) in [5.74, 6) is 1.08. The Labute approximate surface area is 155 Å². The Morgan fingerprint density at radius 2 is 2.04 bits per heavy atom. The summed E-state index contributed by atoms with van der Waals surface area (Å²) in [6.45, 7) is 0.221. The highest BCUT2D eigenvalue weighted by Gasteiger charge is 2.09. The van der Waals surface area contributed by atoms with E-state index in [0.29, 0.717) is 22.2 Å². The molecule has 0 radical (unpaired) electrons. The second-order valence-electron chi connectivity index (χ2n) is 5.31. The third-order valence-electron chi connectivity index (χ3n) is 3.78. The highest BCUT2D eigenvalue weighted by molar-refractivity contribution is 7.98. The van der Waals surface area contributed by atoms with E-state index in [1.54, 1.807) is 37.1 Å². The van der Waals surface area contributed by atoms with E-state index in [-0.39, 0.29) is 6.61 Å². The number of ether oxygens (including phenoxy) is 2. The number of carbonyl (C=O) groups is 1. The lowest BCUT2D eigenvalue weighted by atomic mass is 10.1. The molecule has 0 fully saturated rings. The van der Waals surface area contributed by atoms with Crippen LogP contribution < -0.4 is 9.47 Å². The first kappa shape index (κ1) is 17.6. The standard InChI is InChI=1S/C19H16ClNO3S/c1-23-15-4-6-18(13(8-15)10-22)24-11-14-7-12-3-5-16(25-2)9-17(12)21-19(14)20/h3-10H,11H2,1-2H3. The van der Waals surface area contributed by atoms with Gasteiger partial charge in [0.15, 0.2) is 6.29 Å². The molecule has 0 aliphatic heterocycles. The molecule has 1 aromatic heterocycles. The number of benzene rings is 2. The molecule has 0 spiro atoms. The van der Waals surface area contributed by atoms with Crippen molar-refractivity contribution >= 4 is 40.6 Å². The Kier molecular flexibility index (Phi) is 5.46. The van der Waals surface area contributed by atoms with E-state index in [0.717, 1.165) is 27.6 Å². The number of pyridine rings is 1. The molecule has 0 amide bonds. The van der Waals surface area contributed by atoms with Crippen LogP contribution in [0.25, 0.3) is 10.9 Å². The quantitative estimate of drug-likeness (QED) is 0.345. The fourth-order valence-corrected chi connectivity index (χ4v) is 3.06. The van der Waals surface area contributed by atoms with Gasteiger partial charge in [0.1, 0.15) is 23.3 Å². The van der Waals surface area contributed by atoms with Gasteiger partial charge in [-0.1, -0.05) is 17.7 Å². The van der Waals surface area contributed by atoms with Crippen molar-refractivity contribution in [1.29, 1.82) is 0 Å². The number of nitrogens with zero attached hydrogens (tertiary/aromatic N) is 1. The van der Waals surface area contributed by atoms with Crippen LogP contribution in [-0.2, 0) is 6.61 Å². The summed E-state index contributed by atoms with van der Waals surface area (Å²) in [5.41, 5.74) is 2.03. The molecular weight excluding hydrogens is 358 g/mol. The highest BCUT2D eigenvalue weighted by Crippen LogP contribution is 2.27. The Hall–Kier alpha value is -2.24. The summed E-state index contributed by atoms with van der Waals surface area (Å²) in [4.78, 5) is 16.8. The zero-order valence-corrected chi connectivity index (χ0v) is 15.4. The van der Waals surface area contributed by atoms with Crippen molar-refractivity contribution in [3.8, 4) is 11.5 Å². The Morgan fingerprint density at radius 1 is 1.20 bits per heavy atom. The van der Waals surface area contributed by atoms with Crippen LogP contribution >= 0.6 is 23.4 Å². The summed E-state index contributed by atoms with van der Waals surface area (Å²) < 4.78 is 10.9. The van der Waals surface area contributed by atoms with Crippen molar-refractivity contribution in [1.82, 2.24) is 4.98 Å². The number of hydrogen-bond donors (Lipinski definition) is 0. The molecule has 2 aromatic carbocycles. The molecule has 6 heteroatoms. The lowest BCUT2D eigenvalue weighted by Crippen LogP contribution is -2.01. The molecule has 128 valence electrons. The van der Waals surface area contributed by atoms with Gasteiger partial charge >= 0.3 is 0 Å². The van der Waals surface area contributed by atoms with E-state index in [9.17, 15) is 4.79 Å². The van der Waals surface area contributed by atoms with Crippen LogP contribution in [0.5, 0.6) is 11.5 Å². The summed E-state index contributed by atoms with van der Waals surface area (Å²) in [7, 11) is 1.55. The Morgan fingerprint density at radius 3 is 2.76 bits per heavy atom. The minimum atomic E-state index is 0.221. The summed E-state index contributed by atoms with van der Waals surface area (Å²) in [6.07, 6.45) is 2.76. The van der Waals surface area contributed by atoms with Gasteiger partial charge in [-0.25, -0.2) is 4.98 Å². The third-order valence-corrected chi connectivity index (χ3v) is 4.83. The SMILES string of the molecule is COc1ccc(OCc2cc3ccc(SC)cc3nc2Cl)c(C=O)c1. The van der Waals surface area contributed by atoms with Gasteiger partial charge in [-0.05, 0) is 42.7 Å². The Bertz CT molecular complexity index is 930. The molecule has 0 aliphatic rings. The normalized spacial score (nSPS) is 10.7. The minimum Gasteiger partial charge on any atom is -0.497 e. The lowest BCUT2D eigenvalue weighted by molar-refractivity contribution is 0.111. The maximum atomic E-state index is 11.2. The highest BCUT2D eigenvalue weighted by atomic mass is 35.5. The smallest absolute Gasteiger partial charge is 0.153 e. The molecular formula is C19H16ClNO3S. The number of halogens is 1. The van der Waals surface area contributed by atoms with E-state index < -0.39 is 0 Å². The number of aldehydes is 1. The minimum absolute atomic E-state index is 0.221. The molecule has 0 bridgehead atoms. The van der Waals surface area contributed by atoms with E-state index in [2.05, 4.69) is 4.98 Å². The number of carbonyl (C=O) groups excluding carboxylic acids is 1. The average molecular weight is 374 g/mol. The zero-order valence-electron chi connectivity index (χ0n) is 13.8. The molecule has 0 unspecified atom stereocenters. The molecule has 0 N–H and O–H groups in total. The van der Waals surface area contributed by atoms with Crippen LogP contribution in [0.1, 0.15) is 15.9 Å². The van der Waals surface area contributed by atoms with Gasteiger partial charge < -0.3 is 9.47 Å². The summed E-state index contributed by atoms with van der Waals surface area (Å²) in [6, 6.07) is 13.1. The van der Waals surface area contributed by atoms with Crippen LogP contribution in [0, 0.1) is 0 Å². The van der Waals surface area contributed by atoms with Gasteiger partial charge in [0.25, 0.3) is 0 Å². The summed E-state index contributed by atoms with van der Waals surface area (Å²) >= 11 is 7.96. The van der Waals surface area contributed by atoms with Crippen LogP contribution in [-0.4, -0.2) is 24.6 Å². The first-order chi connectivity index (χ1) is 12.1. The maximum absolute atomic E-state index is 11.2. The largest absolute Gasteiger partial charge is 0.497 e. The van der Waals surface area contributed by atoms with E-state index in [1.807, 2.05) is 30.5 Å². The van der Waals surface area contributed by atoms with Crippen LogP contribution in [0.2, 0.25) is 5.15 Å². The summed E-state index contributed by atoms with van der Waals surface area (Å²) in [5, 5.41) is 1.39. The van der Waals surface area contributed by atoms with Gasteiger partial charge in [-0.2, -0.15) is 0 Å². The molecule has 0 saturated heterocycles. The molecule has 4 nitrogen and oxygen atoms in total. The molecule has 3 aromatic rings. The van der Waals surface area contributed by atoms with Gasteiger partial charge in [-0.3, -0.25) is 4.79 Å². The molecule has 3 rings (SSSR count). The van der Waals surface area contributed by atoms with Crippen LogP contribution in [0.3, 0.4) is 0 Å². The maximum Gasteiger partial charge on any atom is 0.153 e. The van der Waals surface area contributed by atoms with Crippen molar-refractivity contribution < 1.29 is 14.3 Å². The van der Waals surface area contributed by atoms with Crippen molar-refractivity contribution in [2.45, 2.75) is 11.5 Å². The monoisotopic (exact) mass is 373 g/mol. The lowest BCUT2D eigenvalue weighted by Gasteiger charge is -2.11. The number of aromatic nitrogens is 1. The second kappa shape index (κ2) is 7.76. The molecule has 0 atom stereocenters. The fraction of sp³-hybridized carbons (Fsp3) is 0.158. The number of fused-ring (bicyclic) bond motifs is 1. The van der Waals surface area contributed by atoms with Crippen LogP contribution in [0.15, 0.2) is 47.4 Å². The number of rotatable bonds is 6. The predicted molar refractivity (Wildman–Crippen MR) is 101 cm³/mol. The fourth-order valence-electron chi connectivity index (χ4n) is 2.43. The predicted octanol–water partition coefficient (Wildman–Crippen LogP) is 5.01. The number of methoxy groups -OCH3 is 1. The first-order valence-electron chi connectivity index (χ1n) is 7.54. The van der Waals surface area contributed by atoms with Crippen molar-refractivity contribution in [2.75, 3.05) is 13.4 Å². The van der Waals surface area contributed by atoms with E-state index >= 15 is 0 Å². The number of hydrogen-bond acceptors (Lipinski definition) is 5. The van der Waals surface area contributed by atoms with Crippen molar-refractivity contribution in [3.63, 3.8) is 0 Å². The second-order valence-corrected chi connectivity index (χ2v) is 6.54. The molecule has 1 heterocycles. The number of thioether (sulfide) groups is 1. The Balaban J connectivity index is 1.86. The molecule has 25 heavy (non-hydrogen) atoms. The average Bonchev–Trinajstić information content (AvgIpc) is 2.65. The molecule has 0 aliphatic carbocycles. The first-order valence-corrected chi connectivity index (χ1v) is 9.14. The van der Waals surface area contributed by atoms with E-state index in [1.165, 1.54) is 0 Å². The van der Waals surface area contributed by atoms with Crippen LogP contribution in [0.4, 0.5) is 0 Å². The van der Waals surface area contributed by atoms with Crippen molar-refractivity contribution in [2.24, 2.45) is 0 Å². The van der Waals surface area contributed by atoms with Gasteiger partial charge in [0, 0.05) is 15.8 Å². The van der Waals surface area contributed by atoms with Gasteiger partial charge in [-0.15, -0.1) is 11.8 Å². The molecule has 0 saturated carbocycles. The van der Waals surface area contributed by atoms with Gasteiger partial charge in [0.2, 0.25) is 0 Å². The van der Waals surface area contributed by atoms with Gasteiger partial charge in [0.05, 0.1) is 18.2 Å². The zero-order chi connectivity index (χ0) is 17.8. The topological polar surface area (TPSA) is 48.4 Å². The van der Waals surface area contributed by atoms with E-state index in [4.69, 9.17) is 21.1 Å².